The molecular weight excluding hydrogens is 386 g/mol. The zero-order valence-corrected chi connectivity index (χ0v) is 16.9. The third-order valence-electron chi connectivity index (χ3n) is 5.91. The summed E-state index contributed by atoms with van der Waals surface area (Å²) in [6.07, 6.45) is 5.44. The van der Waals surface area contributed by atoms with Crippen LogP contribution in [0, 0.1) is 0 Å². The topological polar surface area (TPSA) is 68.7 Å². The van der Waals surface area contributed by atoms with Crippen molar-refractivity contribution >= 4 is 17.3 Å². The van der Waals surface area contributed by atoms with Gasteiger partial charge in [-0.25, -0.2) is 9.78 Å². The van der Waals surface area contributed by atoms with Gasteiger partial charge in [-0.3, -0.25) is 0 Å². The summed E-state index contributed by atoms with van der Waals surface area (Å²) in [5.41, 5.74) is 4.11. The van der Waals surface area contributed by atoms with Crippen LogP contribution < -0.4 is 9.47 Å². The van der Waals surface area contributed by atoms with E-state index in [2.05, 4.69) is 6.07 Å². The number of hydrogen-bond acceptors (Lipinski definition) is 5. The predicted octanol–water partition coefficient (Wildman–Crippen LogP) is 5.43. The second-order valence-electron chi connectivity index (χ2n) is 7.72. The Morgan fingerprint density at radius 3 is 2.83 bits per heavy atom. The van der Waals surface area contributed by atoms with Crippen LogP contribution in [0.5, 0.6) is 11.5 Å². The van der Waals surface area contributed by atoms with Gasteiger partial charge in [0.1, 0.15) is 10.6 Å². The highest BCUT2D eigenvalue weighted by Crippen LogP contribution is 2.51. The average molecular weight is 407 g/mol. The molecule has 5 nitrogen and oxygen atoms in total. The summed E-state index contributed by atoms with van der Waals surface area (Å²) in [5, 5.41) is 12.1. The number of aromatic nitrogens is 1. The molecular formula is C23H21NO4S. The first-order chi connectivity index (χ1) is 14.1. The fraction of sp³-hybridized carbons (Fsp3) is 0.304. The van der Waals surface area contributed by atoms with Gasteiger partial charge in [0, 0.05) is 28.5 Å². The zero-order valence-electron chi connectivity index (χ0n) is 16.1. The van der Waals surface area contributed by atoms with Crippen LogP contribution in [0.2, 0.25) is 0 Å². The van der Waals surface area contributed by atoms with E-state index in [1.54, 1.807) is 25.3 Å². The quantitative estimate of drug-likeness (QED) is 0.624. The van der Waals surface area contributed by atoms with Crippen LogP contribution in [-0.2, 0) is 6.42 Å². The first-order valence-corrected chi connectivity index (χ1v) is 10.6. The Morgan fingerprint density at radius 2 is 2.07 bits per heavy atom. The Labute approximate surface area is 172 Å². The smallest absolute Gasteiger partial charge is 0.335 e. The van der Waals surface area contributed by atoms with Gasteiger partial charge in [-0.15, -0.1) is 11.3 Å². The van der Waals surface area contributed by atoms with Gasteiger partial charge in [-0.2, -0.15) is 0 Å². The van der Waals surface area contributed by atoms with Gasteiger partial charge in [-0.1, -0.05) is 12.1 Å². The van der Waals surface area contributed by atoms with Gasteiger partial charge in [0.25, 0.3) is 0 Å². The molecule has 2 heterocycles. The summed E-state index contributed by atoms with van der Waals surface area (Å²) in [4.78, 5) is 16.1. The summed E-state index contributed by atoms with van der Waals surface area (Å²) < 4.78 is 12.0. The van der Waals surface area contributed by atoms with E-state index in [1.807, 2.05) is 17.5 Å². The third kappa shape index (κ3) is 3.08. The maximum Gasteiger partial charge on any atom is 0.335 e. The molecule has 0 radical (unpaired) electrons. The second kappa shape index (κ2) is 6.88. The summed E-state index contributed by atoms with van der Waals surface area (Å²) >= 11 is 1.52. The Bertz CT molecular complexity index is 1100. The minimum atomic E-state index is -0.935. The van der Waals surface area contributed by atoms with Crippen molar-refractivity contribution in [1.29, 1.82) is 0 Å². The second-order valence-corrected chi connectivity index (χ2v) is 8.57. The Morgan fingerprint density at radius 1 is 1.24 bits per heavy atom. The van der Waals surface area contributed by atoms with Gasteiger partial charge >= 0.3 is 5.97 Å². The monoisotopic (exact) mass is 407 g/mol. The van der Waals surface area contributed by atoms with E-state index < -0.39 is 5.97 Å². The number of methoxy groups -OCH3 is 1. The van der Waals surface area contributed by atoms with E-state index in [0.29, 0.717) is 0 Å². The van der Waals surface area contributed by atoms with Crippen LogP contribution in [0.15, 0.2) is 41.8 Å². The van der Waals surface area contributed by atoms with Gasteiger partial charge in [0.05, 0.1) is 18.4 Å². The number of hydrogen-bond donors (Lipinski definition) is 1. The number of carboxylic acid groups (broad SMARTS) is 1. The molecule has 3 aromatic rings. The molecule has 6 heteroatoms. The molecule has 2 aromatic carbocycles. The summed E-state index contributed by atoms with van der Waals surface area (Å²) in [6.45, 7) is 0. The third-order valence-corrected chi connectivity index (χ3v) is 6.80. The molecule has 1 aliphatic carbocycles. The SMILES string of the molecule is COc1ccc(-c2csc(-c3cccc(C(=O)O)c3)n2)c2c1OC1(CCCC1)C2. The number of ether oxygens (including phenoxy) is 2. The fourth-order valence-electron chi connectivity index (χ4n) is 4.48. The number of carbonyl (C=O) groups is 1. The largest absolute Gasteiger partial charge is 0.493 e. The van der Waals surface area contributed by atoms with E-state index in [4.69, 9.17) is 14.5 Å². The minimum absolute atomic E-state index is 0.0968. The molecule has 0 unspecified atom stereocenters. The van der Waals surface area contributed by atoms with Crippen molar-refractivity contribution in [2.24, 2.45) is 0 Å². The first kappa shape index (κ1) is 18.2. The maximum absolute atomic E-state index is 11.3. The van der Waals surface area contributed by atoms with Gasteiger partial charge in [0.2, 0.25) is 0 Å². The Balaban J connectivity index is 1.54. The molecule has 0 saturated heterocycles. The number of rotatable bonds is 4. The lowest BCUT2D eigenvalue weighted by atomic mass is 9.92. The van der Waals surface area contributed by atoms with Crippen LogP contribution >= 0.6 is 11.3 Å². The normalized spacial score (nSPS) is 16.6. The molecule has 0 bridgehead atoms. The van der Waals surface area contributed by atoms with Crippen molar-refractivity contribution in [1.82, 2.24) is 4.98 Å². The standard InChI is InChI=1S/C23H21NO4S/c1-27-19-8-7-16(17-12-23(28-20(17)19)9-2-3-10-23)18-13-29-21(24-18)14-5-4-6-15(11-14)22(25)26/h4-8,11,13H,2-3,9-10,12H2,1H3,(H,25,26). The average Bonchev–Trinajstić information content (AvgIpc) is 3.47. The molecule has 148 valence electrons. The van der Waals surface area contributed by atoms with Crippen LogP contribution in [0.3, 0.4) is 0 Å². The van der Waals surface area contributed by atoms with Crippen molar-refractivity contribution in [3.63, 3.8) is 0 Å². The van der Waals surface area contributed by atoms with Crippen molar-refractivity contribution in [2.45, 2.75) is 37.7 Å². The molecule has 1 aromatic heterocycles. The fourth-order valence-corrected chi connectivity index (χ4v) is 5.30. The molecule has 29 heavy (non-hydrogen) atoms. The molecule has 1 spiro atoms. The first-order valence-electron chi connectivity index (χ1n) is 9.77. The lowest BCUT2D eigenvalue weighted by Crippen LogP contribution is -2.30. The number of fused-ring (bicyclic) bond motifs is 1. The van der Waals surface area contributed by atoms with Crippen molar-refractivity contribution < 1.29 is 19.4 Å². The zero-order chi connectivity index (χ0) is 20.0. The molecule has 0 amide bonds. The molecule has 5 rings (SSSR count). The Kier molecular flexibility index (Phi) is 4.32. The van der Waals surface area contributed by atoms with Crippen LogP contribution in [0.4, 0.5) is 0 Å². The summed E-state index contributed by atoms with van der Waals surface area (Å²) in [6, 6.07) is 10.9. The van der Waals surface area contributed by atoms with Crippen molar-refractivity contribution in [3.8, 4) is 33.3 Å². The minimum Gasteiger partial charge on any atom is -0.493 e. The van der Waals surface area contributed by atoms with Gasteiger partial charge in [0.15, 0.2) is 11.5 Å². The number of aromatic carboxylic acids is 1. The van der Waals surface area contributed by atoms with Crippen LogP contribution in [0.25, 0.3) is 21.8 Å². The summed E-state index contributed by atoms with van der Waals surface area (Å²) in [5.74, 6) is 0.696. The van der Waals surface area contributed by atoms with E-state index >= 15 is 0 Å². The van der Waals surface area contributed by atoms with Crippen LogP contribution in [-0.4, -0.2) is 28.8 Å². The van der Waals surface area contributed by atoms with Crippen molar-refractivity contribution in [3.05, 3.63) is 52.9 Å². The maximum atomic E-state index is 11.3. The van der Waals surface area contributed by atoms with E-state index in [0.717, 1.165) is 52.6 Å². The summed E-state index contributed by atoms with van der Waals surface area (Å²) in [7, 11) is 1.68. The molecule has 1 N–H and O–H groups in total. The van der Waals surface area contributed by atoms with E-state index in [1.165, 1.54) is 29.7 Å². The van der Waals surface area contributed by atoms with Crippen LogP contribution in [0.1, 0.15) is 41.6 Å². The van der Waals surface area contributed by atoms with E-state index in [9.17, 15) is 9.90 Å². The molecule has 1 aliphatic heterocycles. The van der Waals surface area contributed by atoms with E-state index in [-0.39, 0.29) is 11.2 Å². The number of nitrogens with zero attached hydrogens (tertiary/aromatic N) is 1. The highest BCUT2D eigenvalue weighted by atomic mass is 32.1. The number of thiazole rings is 1. The number of carboxylic acids is 1. The molecule has 2 aliphatic rings. The highest BCUT2D eigenvalue weighted by molar-refractivity contribution is 7.13. The van der Waals surface area contributed by atoms with Crippen molar-refractivity contribution in [2.75, 3.05) is 7.11 Å². The Hall–Kier alpha value is -2.86. The molecule has 1 fully saturated rings. The lowest BCUT2D eigenvalue weighted by Gasteiger charge is -2.22. The predicted molar refractivity (Wildman–Crippen MR) is 112 cm³/mol. The van der Waals surface area contributed by atoms with Gasteiger partial charge in [-0.05, 0) is 49.9 Å². The highest BCUT2D eigenvalue weighted by Gasteiger charge is 2.44. The molecule has 1 saturated carbocycles. The molecule has 0 atom stereocenters. The number of benzene rings is 2. The van der Waals surface area contributed by atoms with Gasteiger partial charge < -0.3 is 14.6 Å². The lowest BCUT2D eigenvalue weighted by molar-refractivity contribution is 0.0697.